The molecule has 20 heavy (non-hydrogen) atoms. The van der Waals surface area contributed by atoms with E-state index in [0.29, 0.717) is 6.54 Å². The molecule has 0 aromatic heterocycles. The molecule has 3 N–H and O–H groups in total. The maximum absolute atomic E-state index is 10.0. The van der Waals surface area contributed by atoms with Crippen molar-refractivity contribution in [2.75, 3.05) is 32.8 Å². The van der Waals surface area contributed by atoms with Crippen molar-refractivity contribution < 1.29 is 10.2 Å². The smallest absolute Gasteiger partial charge is 0.0791 e. The SMILES string of the molecule is OCC(Cc1ccccc1)NCC(O)CN1CCCC1. The van der Waals surface area contributed by atoms with Gasteiger partial charge in [0, 0.05) is 19.1 Å². The average molecular weight is 278 g/mol. The van der Waals surface area contributed by atoms with Gasteiger partial charge >= 0.3 is 0 Å². The Morgan fingerprint density at radius 1 is 1.15 bits per heavy atom. The third kappa shape index (κ3) is 5.21. The molecular weight excluding hydrogens is 252 g/mol. The number of likely N-dealkylation sites (tertiary alicyclic amines) is 1. The van der Waals surface area contributed by atoms with Gasteiger partial charge < -0.3 is 20.4 Å². The molecule has 1 aliphatic rings. The van der Waals surface area contributed by atoms with Crippen LogP contribution in [-0.4, -0.2) is 60.0 Å². The molecule has 0 radical (unpaired) electrons. The minimum Gasteiger partial charge on any atom is -0.395 e. The van der Waals surface area contributed by atoms with Crippen LogP contribution in [0.5, 0.6) is 0 Å². The monoisotopic (exact) mass is 278 g/mol. The largest absolute Gasteiger partial charge is 0.395 e. The fourth-order valence-corrected chi connectivity index (χ4v) is 2.73. The first-order chi connectivity index (χ1) is 9.78. The lowest BCUT2D eigenvalue weighted by molar-refractivity contribution is 0.115. The van der Waals surface area contributed by atoms with E-state index in [1.807, 2.05) is 18.2 Å². The van der Waals surface area contributed by atoms with Gasteiger partial charge in [-0.25, -0.2) is 0 Å². The molecule has 1 aliphatic heterocycles. The summed E-state index contributed by atoms with van der Waals surface area (Å²) in [5, 5.41) is 22.7. The normalized spacial score (nSPS) is 19.1. The van der Waals surface area contributed by atoms with E-state index in [1.54, 1.807) is 0 Å². The predicted octanol–water partition coefficient (Wildman–Crippen LogP) is 0.636. The van der Waals surface area contributed by atoms with Crippen molar-refractivity contribution in [3.63, 3.8) is 0 Å². The van der Waals surface area contributed by atoms with E-state index in [0.717, 1.165) is 26.1 Å². The second-order valence-corrected chi connectivity index (χ2v) is 5.64. The summed E-state index contributed by atoms with van der Waals surface area (Å²) in [6.07, 6.45) is 2.91. The summed E-state index contributed by atoms with van der Waals surface area (Å²) < 4.78 is 0. The van der Waals surface area contributed by atoms with E-state index >= 15 is 0 Å². The van der Waals surface area contributed by atoms with Crippen molar-refractivity contribution in [2.24, 2.45) is 0 Å². The molecule has 2 atom stereocenters. The van der Waals surface area contributed by atoms with Crippen molar-refractivity contribution >= 4 is 0 Å². The summed E-state index contributed by atoms with van der Waals surface area (Å²) in [5.74, 6) is 0. The maximum atomic E-state index is 10.0. The zero-order valence-electron chi connectivity index (χ0n) is 12.0. The van der Waals surface area contributed by atoms with E-state index < -0.39 is 0 Å². The Morgan fingerprint density at radius 2 is 1.85 bits per heavy atom. The quantitative estimate of drug-likeness (QED) is 0.653. The number of aliphatic hydroxyl groups excluding tert-OH is 2. The van der Waals surface area contributed by atoms with Crippen molar-refractivity contribution in [1.29, 1.82) is 0 Å². The number of β-amino-alcohol motifs (C(OH)–C–C–N with tert-alkyl or cyclic N) is 1. The molecule has 0 spiro atoms. The first-order valence-electron chi connectivity index (χ1n) is 7.56. The number of aliphatic hydroxyl groups is 2. The lowest BCUT2D eigenvalue weighted by atomic mass is 10.1. The Kier molecular flexibility index (Phi) is 6.47. The van der Waals surface area contributed by atoms with Crippen LogP contribution >= 0.6 is 0 Å². The number of nitrogens with one attached hydrogen (secondary N) is 1. The van der Waals surface area contributed by atoms with Gasteiger partial charge in [0.1, 0.15) is 0 Å². The zero-order chi connectivity index (χ0) is 14.2. The highest BCUT2D eigenvalue weighted by Gasteiger charge is 2.16. The zero-order valence-corrected chi connectivity index (χ0v) is 12.0. The summed E-state index contributed by atoms with van der Waals surface area (Å²) in [6.45, 7) is 3.56. The fourth-order valence-electron chi connectivity index (χ4n) is 2.73. The van der Waals surface area contributed by atoms with Gasteiger partial charge in [0.25, 0.3) is 0 Å². The van der Waals surface area contributed by atoms with Crippen molar-refractivity contribution in [3.05, 3.63) is 35.9 Å². The molecule has 0 saturated carbocycles. The van der Waals surface area contributed by atoms with Crippen LogP contribution in [0.4, 0.5) is 0 Å². The lowest BCUT2D eigenvalue weighted by Crippen LogP contribution is -2.43. The Balaban J connectivity index is 1.70. The third-order valence-electron chi connectivity index (χ3n) is 3.86. The molecule has 1 heterocycles. The molecule has 2 unspecified atom stereocenters. The summed E-state index contributed by atoms with van der Waals surface area (Å²) >= 11 is 0. The van der Waals surface area contributed by atoms with Crippen LogP contribution < -0.4 is 5.32 Å². The fraction of sp³-hybridized carbons (Fsp3) is 0.625. The number of rotatable bonds is 8. The molecule has 1 saturated heterocycles. The topological polar surface area (TPSA) is 55.7 Å². The average Bonchev–Trinajstić information content (AvgIpc) is 2.97. The van der Waals surface area contributed by atoms with Crippen molar-refractivity contribution in [2.45, 2.75) is 31.4 Å². The van der Waals surface area contributed by atoms with Gasteiger partial charge in [-0.05, 0) is 37.9 Å². The van der Waals surface area contributed by atoms with Crippen LogP contribution in [0.3, 0.4) is 0 Å². The third-order valence-corrected chi connectivity index (χ3v) is 3.86. The van der Waals surface area contributed by atoms with Gasteiger partial charge in [0.05, 0.1) is 12.7 Å². The van der Waals surface area contributed by atoms with E-state index in [-0.39, 0.29) is 18.8 Å². The molecule has 112 valence electrons. The highest BCUT2D eigenvalue weighted by Crippen LogP contribution is 2.08. The number of nitrogens with zero attached hydrogens (tertiary/aromatic N) is 1. The maximum Gasteiger partial charge on any atom is 0.0791 e. The molecule has 4 nitrogen and oxygen atoms in total. The van der Waals surface area contributed by atoms with Gasteiger partial charge in [0.2, 0.25) is 0 Å². The van der Waals surface area contributed by atoms with E-state index in [4.69, 9.17) is 0 Å². The minimum absolute atomic E-state index is 0.00521. The van der Waals surface area contributed by atoms with Crippen molar-refractivity contribution in [3.8, 4) is 0 Å². The molecule has 1 fully saturated rings. The molecule has 0 amide bonds. The molecule has 1 aromatic rings. The highest BCUT2D eigenvalue weighted by molar-refractivity contribution is 5.15. The van der Waals surface area contributed by atoms with Crippen LogP contribution in [0.2, 0.25) is 0 Å². The van der Waals surface area contributed by atoms with Gasteiger partial charge in [0.15, 0.2) is 0 Å². The molecule has 0 bridgehead atoms. The Hall–Kier alpha value is -0.940. The van der Waals surface area contributed by atoms with E-state index in [2.05, 4.69) is 22.3 Å². The summed E-state index contributed by atoms with van der Waals surface area (Å²) in [4.78, 5) is 2.30. The number of hydrogen-bond acceptors (Lipinski definition) is 4. The molecule has 0 aliphatic carbocycles. The van der Waals surface area contributed by atoms with E-state index in [1.165, 1.54) is 18.4 Å². The van der Waals surface area contributed by atoms with Crippen LogP contribution in [0, 0.1) is 0 Å². The van der Waals surface area contributed by atoms with Crippen LogP contribution in [0.1, 0.15) is 18.4 Å². The van der Waals surface area contributed by atoms with Gasteiger partial charge in [-0.1, -0.05) is 30.3 Å². The lowest BCUT2D eigenvalue weighted by Gasteiger charge is -2.22. The second-order valence-electron chi connectivity index (χ2n) is 5.64. The molecule has 4 heteroatoms. The predicted molar refractivity (Wildman–Crippen MR) is 80.7 cm³/mol. The van der Waals surface area contributed by atoms with Gasteiger partial charge in [-0.3, -0.25) is 0 Å². The molecule has 2 rings (SSSR count). The Bertz CT molecular complexity index is 366. The Morgan fingerprint density at radius 3 is 2.50 bits per heavy atom. The number of benzene rings is 1. The highest BCUT2D eigenvalue weighted by atomic mass is 16.3. The van der Waals surface area contributed by atoms with Crippen LogP contribution in [0.15, 0.2) is 30.3 Å². The molecule has 1 aromatic carbocycles. The van der Waals surface area contributed by atoms with Gasteiger partial charge in [-0.15, -0.1) is 0 Å². The van der Waals surface area contributed by atoms with Crippen LogP contribution in [0.25, 0.3) is 0 Å². The first kappa shape index (κ1) is 15.4. The second kappa shape index (κ2) is 8.37. The summed E-state index contributed by atoms with van der Waals surface area (Å²) in [7, 11) is 0. The first-order valence-corrected chi connectivity index (χ1v) is 7.56. The van der Waals surface area contributed by atoms with Crippen molar-refractivity contribution in [1.82, 2.24) is 10.2 Å². The van der Waals surface area contributed by atoms with Gasteiger partial charge in [-0.2, -0.15) is 0 Å². The summed E-state index contributed by atoms with van der Waals surface area (Å²) in [5.41, 5.74) is 1.20. The summed E-state index contributed by atoms with van der Waals surface area (Å²) in [6, 6.07) is 10.1. The standard InChI is InChI=1S/C16H26N2O2/c19-13-15(10-14-6-2-1-3-7-14)17-11-16(20)12-18-8-4-5-9-18/h1-3,6-7,15-17,19-20H,4-5,8-13H2. The number of hydrogen-bond donors (Lipinski definition) is 3. The molecular formula is C16H26N2O2. The Labute approximate surface area is 121 Å². The minimum atomic E-state index is -0.363. The van der Waals surface area contributed by atoms with E-state index in [9.17, 15) is 10.2 Å². The van der Waals surface area contributed by atoms with Crippen LogP contribution in [-0.2, 0) is 6.42 Å².